The molecule has 0 spiro atoms. The highest BCUT2D eigenvalue weighted by molar-refractivity contribution is 6.19. The minimum Gasteiger partial charge on any atom is -0.489 e. The van der Waals surface area contributed by atoms with Gasteiger partial charge in [-0.3, -0.25) is 14.5 Å². The lowest BCUT2D eigenvalue weighted by molar-refractivity contribution is -0.141. The highest BCUT2D eigenvalue weighted by Gasteiger charge is 2.36. The molecule has 9 nitrogen and oxygen atoms in total. The van der Waals surface area contributed by atoms with Crippen molar-refractivity contribution >= 4 is 17.9 Å². The van der Waals surface area contributed by atoms with Crippen LogP contribution in [0.1, 0.15) is 29.2 Å². The average molecular weight is 635 g/mol. The van der Waals surface area contributed by atoms with Gasteiger partial charge < -0.3 is 14.2 Å². The molecule has 5 aromatic rings. The number of aromatic nitrogens is 2. The molecule has 9 heteroatoms. The lowest BCUT2D eigenvalue weighted by atomic mass is 9.92. The average Bonchev–Trinajstić information content (AvgIpc) is 3.76. The van der Waals surface area contributed by atoms with Crippen molar-refractivity contribution in [3.05, 3.63) is 142 Å². The summed E-state index contributed by atoms with van der Waals surface area (Å²) in [5, 5.41) is 14.9. The summed E-state index contributed by atoms with van der Waals surface area (Å²) in [6.07, 6.45) is 3.56. The van der Waals surface area contributed by atoms with E-state index in [1.54, 1.807) is 35.9 Å². The maximum absolute atomic E-state index is 14.1. The Kier molecular flexibility index (Phi) is 8.05. The van der Waals surface area contributed by atoms with Crippen LogP contribution in [0.5, 0.6) is 17.2 Å². The van der Waals surface area contributed by atoms with E-state index < -0.39 is 11.8 Å². The van der Waals surface area contributed by atoms with E-state index in [1.165, 1.54) is 0 Å². The zero-order valence-electron chi connectivity index (χ0n) is 26.3. The second-order valence-electron chi connectivity index (χ2n) is 11.5. The van der Waals surface area contributed by atoms with Crippen molar-refractivity contribution in [1.82, 2.24) is 14.7 Å². The van der Waals surface area contributed by atoms with E-state index in [0.29, 0.717) is 40.5 Å². The van der Waals surface area contributed by atoms with Crippen molar-refractivity contribution in [1.29, 1.82) is 5.26 Å². The topological polar surface area (TPSA) is 107 Å². The van der Waals surface area contributed by atoms with Crippen molar-refractivity contribution < 1.29 is 23.8 Å². The molecular weight excluding hydrogens is 604 g/mol. The minimum atomic E-state index is -0.642. The van der Waals surface area contributed by atoms with Crippen LogP contribution in [0.4, 0.5) is 0 Å². The molecule has 0 aliphatic carbocycles. The van der Waals surface area contributed by atoms with E-state index in [-0.39, 0.29) is 24.5 Å². The third-order valence-electron chi connectivity index (χ3n) is 8.35. The smallest absolute Gasteiger partial charge is 0.271 e. The van der Waals surface area contributed by atoms with Crippen molar-refractivity contribution in [3.63, 3.8) is 0 Å². The molecule has 7 rings (SSSR count). The van der Waals surface area contributed by atoms with E-state index >= 15 is 0 Å². The number of ether oxygens (including phenoxy) is 3. The predicted molar refractivity (Wildman–Crippen MR) is 179 cm³/mol. The molecular formula is C39H30N4O5. The van der Waals surface area contributed by atoms with Gasteiger partial charge in [-0.2, -0.15) is 10.4 Å². The molecule has 4 aromatic carbocycles. The third kappa shape index (κ3) is 5.83. The lowest BCUT2D eigenvalue weighted by Crippen LogP contribution is -2.42. The van der Waals surface area contributed by atoms with Crippen LogP contribution in [0.15, 0.2) is 120 Å². The monoisotopic (exact) mass is 634 g/mol. The summed E-state index contributed by atoms with van der Waals surface area (Å²) in [4.78, 5) is 28.6. The quantitative estimate of drug-likeness (QED) is 0.134. The minimum absolute atomic E-state index is 0.0378. The van der Waals surface area contributed by atoms with Gasteiger partial charge in [-0.15, -0.1) is 0 Å². The number of hydrogen-bond donors (Lipinski definition) is 0. The Morgan fingerprint density at radius 2 is 1.62 bits per heavy atom. The molecule has 0 saturated heterocycles. The van der Waals surface area contributed by atoms with Gasteiger partial charge in [-0.1, -0.05) is 54.6 Å². The largest absolute Gasteiger partial charge is 0.489 e. The standard InChI is InChI=1S/C39H30N4O5/c1-25-17-29(14-16-34(25)46-23-27-9-5-3-6-10-27)37-30(22-43(41-37)31-11-7-4-8-12-31)19-32-26(2)33(20-40)39(45)42(38(32)44)21-28-13-15-35-36(18-28)48-24-47-35/h3-19,22H,21,23-24H2,1-2H3/b32-19+. The number of nitriles is 1. The van der Waals surface area contributed by atoms with Gasteiger partial charge in [0.25, 0.3) is 11.8 Å². The molecule has 1 aromatic heterocycles. The molecule has 0 radical (unpaired) electrons. The molecule has 0 bridgehead atoms. The van der Waals surface area contributed by atoms with E-state index in [9.17, 15) is 14.9 Å². The highest BCUT2D eigenvalue weighted by atomic mass is 16.7. The van der Waals surface area contributed by atoms with Crippen molar-refractivity contribution in [2.75, 3.05) is 6.79 Å². The Hall–Kier alpha value is -6.40. The van der Waals surface area contributed by atoms with Crippen molar-refractivity contribution in [2.45, 2.75) is 27.0 Å². The maximum atomic E-state index is 14.1. The van der Waals surface area contributed by atoms with Crippen LogP contribution in [0, 0.1) is 18.3 Å². The number of amides is 2. The van der Waals surface area contributed by atoms with Crippen LogP contribution >= 0.6 is 0 Å². The summed E-state index contributed by atoms with van der Waals surface area (Å²) in [5.74, 6) is 0.739. The zero-order chi connectivity index (χ0) is 33.2. The highest BCUT2D eigenvalue weighted by Crippen LogP contribution is 2.36. The summed E-state index contributed by atoms with van der Waals surface area (Å²) in [7, 11) is 0. The third-order valence-corrected chi connectivity index (χ3v) is 8.35. The van der Waals surface area contributed by atoms with E-state index in [0.717, 1.165) is 33.0 Å². The van der Waals surface area contributed by atoms with E-state index in [2.05, 4.69) is 0 Å². The maximum Gasteiger partial charge on any atom is 0.271 e. The van der Waals surface area contributed by atoms with Crippen LogP contribution in [0.25, 0.3) is 23.0 Å². The number of fused-ring (bicyclic) bond motifs is 1. The molecule has 3 heterocycles. The Morgan fingerprint density at radius 1 is 0.875 bits per heavy atom. The molecule has 48 heavy (non-hydrogen) atoms. The Balaban J connectivity index is 1.27. The van der Waals surface area contributed by atoms with Gasteiger partial charge in [-0.05, 0) is 84.7 Å². The molecule has 2 aliphatic heterocycles. The fraction of sp³-hybridized carbons (Fsp3) is 0.128. The molecule has 0 fully saturated rings. The second-order valence-corrected chi connectivity index (χ2v) is 11.5. The summed E-state index contributed by atoms with van der Waals surface area (Å²) in [5.41, 5.74) is 6.05. The number of hydrogen-bond acceptors (Lipinski definition) is 7. The number of benzene rings is 4. The first-order valence-electron chi connectivity index (χ1n) is 15.4. The molecule has 0 atom stereocenters. The van der Waals surface area contributed by atoms with Gasteiger partial charge in [0.15, 0.2) is 11.5 Å². The Morgan fingerprint density at radius 3 is 2.38 bits per heavy atom. The Bertz CT molecular complexity index is 2160. The SMILES string of the molecule is CC1=C(C#N)C(=O)N(Cc2ccc3c(c2)OCO3)C(=O)/C1=C/c1cn(-c2ccccc2)nc1-c1ccc(OCc2ccccc2)c(C)c1. The van der Waals surface area contributed by atoms with Gasteiger partial charge in [0.05, 0.1) is 17.9 Å². The number of carbonyl (C=O) groups is 2. The summed E-state index contributed by atoms with van der Waals surface area (Å²) >= 11 is 0. The first kappa shape index (κ1) is 30.3. The summed E-state index contributed by atoms with van der Waals surface area (Å²) < 4.78 is 18.8. The van der Waals surface area contributed by atoms with Gasteiger partial charge >= 0.3 is 0 Å². The van der Waals surface area contributed by atoms with Crippen LogP contribution in [0.3, 0.4) is 0 Å². The van der Waals surface area contributed by atoms with Gasteiger partial charge in [0.2, 0.25) is 6.79 Å². The Labute approximate surface area is 277 Å². The number of para-hydroxylation sites is 1. The van der Waals surface area contributed by atoms with Crippen LogP contribution in [0.2, 0.25) is 0 Å². The second kappa shape index (κ2) is 12.8. The predicted octanol–water partition coefficient (Wildman–Crippen LogP) is 6.95. The lowest BCUT2D eigenvalue weighted by Gasteiger charge is -2.27. The van der Waals surface area contributed by atoms with E-state index in [1.807, 2.05) is 98.1 Å². The molecule has 0 saturated carbocycles. The summed E-state index contributed by atoms with van der Waals surface area (Å²) in [6, 6.07) is 32.8. The molecule has 2 aliphatic rings. The van der Waals surface area contributed by atoms with E-state index in [4.69, 9.17) is 19.3 Å². The zero-order valence-corrected chi connectivity index (χ0v) is 26.3. The summed E-state index contributed by atoms with van der Waals surface area (Å²) in [6.45, 7) is 4.12. The first-order valence-corrected chi connectivity index (χ1v) is 15.4. The molecule has 236 valence electrons. The van der Waals surface area contributed by atoms with Crippen LogP contribution < -0.4 is 14.2 Å². The van der Waals surface area contributed by atoms with Crippen LogP contribution in [-0.4, -0.2) is 33.3 Å². The normalized spacial score (nSPS) is 14.9. The fourth-order valence-electron chi connectivity index (χ4n) is 5.77. The first-order chi connectivity index (χ1) is 23.4. The fourth-order valence-corrected chi connectivity index (χ4v) is 5.77. The van der Waals surface area contributed by atoms with Crippen LogP contribution in [-0.2, 0) is 22.7 Å². The number of imide groups is 1. The molecule has 2 amide bonds. The molecule has 0 unspecified atom stereocenters. The number of rotatable bonds is 8. The number of carbonyl (C=O) groups excluding carboxylic acids is 2. The van der Waals surface area contributed by atoms with Gasteiger partial charge in [0.1, 0.15) is 24.0 Å². The molecule has 0 N–H and O–H groups in total. The van der Waals surface area contributed by atoms with Gasteiger partial charge in [-0.25, -0.2) is 4.68 Å². The van der Waals surface area contributed by atoms with Crippen molar-refractivity contribution in [2.24, 2.45) is 0 Å². The number of aryl methyl sites for hydroxylation is 1. The number of nitrogens with zero attached hydrogens (tertiary/aromatic N) is 4. The van der Waals surface area contributed by atoms with Crippen molar-refractivity contribution in [3.8, 4) is 40.3 Å². The van der Waals surface area contributed by atoms with Gasteiger partial charge in [0, 0.05) is 22.9 Å².